The lowest BCUT2D eigenvalue weighted by atomic mass is 10.1. The Balaban J connectivity index is 1.97. The first-order chi connectivity index (χ1) is 9.97. The van der Waals surface area contributed by atoms with Gasteiger partial charge in [0, 0.05) is 20.1 Å². The van der Waals surface area contributed by atoms with E-state index in [-0.39, 0.29) is 5.82 Å². The molecule has 0 aliphatic carbocycles. The largest absolute Gasteiger partial charge is 0.416 e. The predicted molar refractivity (Wildman–Crippen MR) is 75.1 cm³/mol. The van der Waals surface area contributed by atoms with Gasteiger partial charge in [-0.15, -0.1) is 0 Å². The van der Waals surface area contributed by atoms with Gasteiger partial charge in [-0.25, -0.2) is 4.98 Å². The monoisotopic (exact) mass is 293 g/mol. The minimum Gasteiger partial charge on any atom is -0.373 e. The van der Waals surface area contributed by atoms with E-state index in [1.807, 2.05) is 29.2 Å². The molecule has 0 atom stereocenters. The van der Waals surface area contributed by atoms with E-state index < -0.39 is 11.7 Å². The van der Waals surface area contributed by atoms with Crippen molar-refractivity contribution in [1.29, 1.82) is 0 Å². The molecule has 0 bridgehead atoms. The van der Waals surface area contributed by atoms with Crippen molar-refractivity contribution in [2.24, 2.45) is 0 Å². The van der Waals surface area contributed by atoms with Crippen LogP contribution in [-0.2, 0) is 19.3 Å². The summed E-state index contributed by atoms with van der Waals surface area (Å²) in [6.07, 6.45) is -4.38. The van der Waals surface area contributed by atoms with E-state index in [1.54, 1.807) is 7.05 Å². The molecule has 0 radical (unpaired) electrons. The smallest absolute Gasteiger partial charge is 0.373 e. The average Bonchev–Trinajstić information content (AvgIpc) is 2.89. The Labute approximate surface area is 120 Å². The predicted octanol–water partition coefficient (Wildman–Crippen LogP) is 3.66. The summed E-state index contributed by atoms with van der Waals surface area (Å²) in [6, 6.07) is 9.96. The molecule has 6 heteroatoms. The Morgan fingerprint density at radius 2 is 1.71 bits per heavy atom. The van der Waals surface area contributed by atoms with Crippen molar-refractivity contribution >= 4 is 11.6 Å². The van der Waals surface area contributed by atoms with E-state index in [2.05, 4.69) is 10.3 Å². The van der Waals surface area contributed by atoms with Crippen LogP contribution >= 0.6 is 0 Å². The topological polar surface area (TPSA) is 28.2 Å². The van der Waals surface area contributed by atoms with Crippen LogP contribution < -0.4 is 10.2 Å². The van der Waals surface area contributed by atoms with Crippen LogP contribution in [0.4, 0.5) is 24.8 Å². The molecule has 110 valence electrons. The van der Waals surface area contributed by atoms with Crippen LogP contribution in [-0.4, -0.2) is 12.0 Å². The van der Waals surface area contributed by atoms with E-state index in [1.165, 1.54) is 0 Å². The molecule has 1 aliphatic heterocycles. The third-order valence-corrected chi connectivity index (χ3v) is 3.56. The summed E-state index contributed by atoms with van der Waals surface area (Å²) in [6.45, 7) is 1.15. The summed E-state index contributed by atoms with van der Waals surface area (Å²) >= 11 is 0. The first kappa shape index (κ1) is 13.7. The van der Waals surface area contributed by atoms with Crippen molar-refractivity contribution in [3.05, 3.63) is 53.1 Å². The van der Waals surface area contributed by atoms with E-state index in [0.717, 1.165) is 23.3 Å². The zero-order valence-corrected chi connectivity index (χ0v) is 11.4. The maximum Gasteiger partial charge on any atom is 0.416 e. The van der Waals surface area contributed by atoms with Crippen molar-refractivity contribution < 1.29 is 13.2 Å². The fourth-order valence-electron chi connectivity index (χ4n) is 2.46. The molecule has 1 aromatic carbocycles. The highest BCUT2D eigenvalue weighted by Gasteiger charge is 2.32. The van der Waals surface area contributed by atoms with Crippen molar-refractivity contribution in [2.45, 2.75) is 19.3 Å². The number of nitrogens with one attached hydrogen (secondary N) is 1. The summed E-state index contributed by atoms with van der Waals surface area (Å²) in [5, 5.41) is 2.69. The van der Waals surface area contributed by atoms with Crippen LogP contribution in [0.15, 0.2) is 36.4 Å². The number of aromatic nitrogens is 1. The fourth-order valence-corrected chi connectivity index (χ4v) is 2.46. The normalized spacial score (nSPS) is 14.2. The maximum atomic E-state index is 13.0. The van der Waals surface area contributed by atoms with Gasteiger partial charge in [0.25, 0.3) is 0 Å². The Bertz CT molecular complexity index is 642. The van der Waals surface area contributed by atoms with Crippen LogP contribution in [0.1, 0.15) is 16.7 Å². The van der Waals surface area contributed by atoms with Crippen molar-refractivity contribution in [1.82, 2.24) is 4.98 Å². The van der Waals surface area contributed by atoms with Crippen molar-refractivity contribution in [3.63, 3.8) is 0 Å². The summed E-state index contributed by atoms with van der Waals surface area (Å²) in [5.41, 5.74) is 1.57. The zero-order chi connectivity index (χ0) is 15.0. The fraction of sp³-hybridized carbons (Fsp3) is 0.267. The highest BCUT2D eigenvalue weighted by atomic mass is 19.4. The van der Waals surface area contributed by atoms with Gasteiger partial charge in [-0.05, 0) is 23.3 Å². The lowest BCUT2D eigenvalue weighted by Crippen LogP contribution is -2.18. The van der Waals surface area contributed by atoms with Crippen molar-refractivity contribution in [3.8, 4) is 0 Å². The Morgan fingerprint density at radius 3 is 2.24 bits per heavy atom. The van der Waals surface area contributed by atoms with Crippen LogP contribution in [0.2, 0.25) is 0 Å². The lowest BCUT2D eigenvalue weighted by Gasteiger charge is -2.19. The molecular weight excluding hydrogens is 279 g/mol. The molecule has 3 rings (SSSR count). The standard InChI is InChI=1S/C15H14F3N3/c1-19-13-6-12(15(16,17)18)7-14(20-13)21-8-10-4-2-3-5-11(10)9-21/h2-7H,8-9H2,1H3,(H,19,20). The Morgan fingerprint density at radius 1 is 1.10 bits per heavy atom. The van der Waals surface area contributed by atoms with Gasteiger partial charge in [0.1, 0.15) is 11.6 Å². The third-order valence-electron chi connectivity index (χ3n) is 3.56. The van der Waals surface area contributed by atoms with Gasteiger partial charge in [0.05, 0.1) is 5.56 Å². The number of hydrogen-bond donors (Lipinski definition) is 1. The van der Waals surface area contributed by atoms with E-state index in [4.69, 9.17) is 0 Å². The number of benzene rings is 1. The molecule has 2 heterocycles. The first-order valence-electron chi connectivity index (χ1n) is 6.56. The van der Waals surface area contributed by atoms with E-state index in [0.29, 0.717) is 18.9 Å². The van der Waals surface area contributed by atoms with Gasteiger partial charge in [0.15, 0.2) is 0 Å². The molecule has 0 saturated heterocycles. The minimum absolute atomic E-state index is 0.218. The number of halogens is 3. The molecule has 0 saturated carbocycles. The Kier molecular flexibility index (Phi) is 3.23. The van der Waals surface area contributed by atoms with Gasteiger partial charge in [-0.3, -0.25) is 0 Å². The molecule has 0 amide bonds. The quantitative estimate of drug-likeness (QED) is 0.916. The van der Waals surface area contributed by atoms with Gasteiger partial charge in [-0.1, -0.05) is 24.3 Å². The molecule has 0 fully saturated rings. The highest BCUT2D eigenvalue weighted by Crippen LogP contribution is 2.35. The molecular formula is C15H14F3N3. The lowest BCUT2D eigenvalue weighted by molar-refractivity contribution is -0.137. The van der Waals surface area contributed by atoms with E-state index >= 15 is 0 Å². The number of alkyl halides is 3. The average molecular weight is 293 g/mol. The van der Waals surface area contributed by atoms with Gasteiger partial charge in [0.2, 0.25) is 0 Å². The highest BCUT2D eigenvalue weighted by molar-refractivity contribution is 5.54. The van der Waals surface area contributed by atoms with Crippen LogP contribution in [0, 0.1) is 0 Å². The maximum absolute atomic E-state index is 13.0. The molecule has 1 N–H and O–H groups in total. The SMILES string of the molecule is CNc1cc(C(F)(F)F)cc(N2Cc3ccccc3C2)n1. The second-order valence-corrected chi connectivity index (χ2v) is 4.97. The third kappa shape index (κ3) is 2.66. The minimum atomic E-state index is -4.38. The van der Waals surface area contributed by atoms with Gasteiger partial charge >= 0.3 is 6.18 Å². The van der Waals surface area contributed by atoms with Gasteiger partial charge < -0.3 is 10.2 Å². The number of hydrogen-bond acceptors (Lipinski definition) is 3. The number of pyridine rings is 1. The second-order valence-electron chi connectivity index (χ2n) is 4.97. The number of rotatable bonds is 2. The summed E-state index contributed by atoms with van der Waals surface area (Å²) in [4.78, 5) is 6.09. The Hall–Kier alpha value is -2.24. The van der Waals surface area contributed by atoms with Crippen LogP contribution in [0.5, 0.6) is 0 Å². The second kappa shape index (κ2) is 4.95. The summed E-state index contributed by atoms with van der Waals surface area (Å²) in [7, 11) is 1.56. The number of nitrogens with zero attached hydrogens (tertiary/aromatic N) is 2. The molecule has 21 heavy (non-hydrogen) atoms. The summed E-state index contributed by atoms with van der Waals surface area (Å²) in [5.74, 6) is 0.557. The number of fused-ring (bicyclic) bond motifs is 1. The molecule has 3 nitrogen and oxygen atoms in total. The van der Waals surface area contributed by atoms with Crippen molar-refractivity contribution in [2.75, 3.05) is 17.3 Å². The van der Waals surface area contributed by atoms with Crippen LogP contribution in [0.3, 0.4) is 0 Å². The number of anilines is 2. The molecule has 0 unspecified atom stereocenters. The molecule has 0 spiro atoms. The van der Waals surface area contributed by atoms with Crippen LogP contribution in [0.25, 0.3) is 0 Å². The molecule has 1 aromatic heterocycles. The van der Waals surface area contributed by atoms with Gasteiger partial charge in [-0.2, -0.15) is 13.2 Å². The summed E-state index contributed by atoms with van der Waals surface area (Å²) < 4.78 is 38.9. The zero-order valence-electron chi connectivity index (χ0n) is 11.4. The van der Waals surface area contributed by atoms with E-state index in [9.17, 15) is 13.2 Å². The molecule has 2 aromatic rings. The molecule has 1 aliphatic rings. The first-order valence-corrected chi connectivity index (χ1v) is 6.56.